The molecule has 0 aliphatic heterocycles. The Kier molecular flexibility index (Phi) is 2.58. The minimum atomic E-state index is -0.119. The van der Waals surface area contributed by atoms with Gasteiger partial charge in [-0.15, -0.1) is 5.11 Å². The second-order valence-corrected chi connectivity index (χ2v) is 2.57. The molecule has 0 unspecified atom stereocenters. The van der Waals surface area contributed by atoms with Crippen molar-refractivity contribution in [2.75, 3.05) is 14.1 Å². The molecule has 0 aromatic carbocycles. The van der Waals surface area contributed by atoms with Gasteiger partial charge in [-0.1, -0.05) is 5.22 Å². The molecule has 70 valence electrons. The molecule has 0 aliphatic rings. The topological polar surface area (TPSA) is 107 Å². The van der Waals surface area contributed by atoms with E-state index in [0.29, 0.717) is 11.6 Å². The number of hydrogen-bond donors (Lipinski definition) is 3. The molecule has 0 saturated heterocycles. The van der Waals surface area contributed by atoms with Crippen LogP contribution < -0.4 is 5.73 Å². The third-order valence-electron chi connectivity index (χ3n) is 1.15. The fraction of sp³-hybridized carbons (Fsp3) is 0.333. The van der Waals surface area contributed by atoms with Crippen LogP contribution in [0.2, 0.25) is 0 Å². The molecular weight excluding hydrogens is 170 g/mol. The first-order chi connectivity index (χ1) is 6.09. The van der Waals surface area contributed by atoms with Gasteiger partial charge in [-0.2, -0.15) is 0 Å². The van der Waals surface area contributed by atoms with Crippen molar-refractivity contribution in [1.29, 1.82) is 5.41 Å². The summed E-state index contributed by atoms with van der Waals surface area (Å²) in [4.78, 5) is 6.54. The molecule has 7 nitrogen and oxygen atoms in total. The van der Waals surface area contributed by atoms with Crippen molar-refractivity contribution in [3.8, 4) is 0 Å². The van der Waals surface area contributed by atoms with E-state index in [1.807, 2.05) is 0 Å². The largest absolute Gasteiger partial charge is 0.381 e. The summed E-state index contributed by atoms with van der Waals surface area (Å²) in [5.41, 5.74) is 5.19. The molecule has 0 saturated carbocycles. The van der Waals surface area contributed by atoms with E-state index in [9.17, 15) is 0 Å². The number of nitrogens with one attached hydrogen (secondary N) is 2. The van der Waals surface area contributed by atoms with Crippen molar-refractivity contribution in [3.63, 3.8) is 0 Å². The molecule has 13 heavy (non-hydrogen) atoms. The fourth-order valence-corrected chi connectivity index (χ4v) is 0.637. The Morgan fingerprint density at radius 3 is 2.85 bits per heavy atom. The second-order valence-electron chi connectivity index (χ2n) is 2.57. The zero-order valence-electron chi connectivity index (χ0n) is 7.44. The van der Waals surface area contributed by atoms with Gasteiger partial charge in [-0.25, -0.2) is 4.98 Å². The van der Waals surface area contributed by atoms with Gasteiger partial charge < -0.3 is 10.7 Å². The Morgan fingerprint density at radius 2 is 2.38 bits per heavy atom. The first kappa shape index (κ1) is 9.17. The number of aromatic amines is 1. The standard InChI is InChI=1S/C6H11N7/c1-13(2)12-11-4-3-9-6(10-4)5(7)8/h3H,1-2H3,(H3,7,8)(H,9,10). The number of hydrogen-bond acceptors (Lipinski definition) is 4. The molecule has 1 heterocycles. The lowest BCUT2D eigenvalue weighted by Gasteiger charge is -1.98. The molecule has 0 spiro atoms. The minimum Gasteiger partial charge on any atom is -0.381 e. The molecule has 0 fully saturated rings. The highest BCUT2D eigenvalue weighted by Crippen LogP contribution is 2.07. The van der Waals surface area contributed by atoms with E-state index in [2.05, 4.69) is 20.3 Å². The number of rotatable bonds is 3. The van der Waals surface area contributed by atoms with Crippen molar-refractivity contribution >= 4 is 11.7 Å². The van der Waals surface area contributed by atoms with Gasteiger partial charge in [0.1, 0.15) is 0 Å². The van der Waals surface area contributed by atoms with Gasteiger partial charge >= 0.3 is 0 Å². The monoisotopic (exact) mass is 181 g/mol. The van der Waals surface area contributed by atoms with Crippen LogP contribution in [0.15, 0.2) is 16.5 Å². The Labute approximate surface area is 75.2 Å². The highest BCUT2D eigenvalue weighted by atomic mass is 15.5. The number of H-pyrrole nitrogens is 1. The Hall–Kier alpha value is -1.92. The predicted molar refractivity (Wildman–Crippen MR) is 47.8 cm³/mol. The smallest absolute Gasteiger partial charge is 0.174 e. The molecule has 7 heteroatoms. The molecule has 0 aliphatic carbocycles. The van der Waals surface area contributed by atoms with E-state index in [1.165, 1.54) is 6.20 Å². The first-order valence-electron chi connectivity index (χ1n) is 3.58. The van der Waals surface area contributed by atoms with E-state index >= 15 is 0 Å². The molecule has 4 N–H and O–H groups in total. The van der Waals surface area contributed by atoms with E-state index < -0.39 is 0 Å². The van der Waals surface area contributed by atoms with Crippen LogP contribution in [0.4, 0.5) is 5.82 Å². The maximum absolute atomic E-state index is 7.07. The Balaban J connectivity index is 2.75. The van der Waals surface area contributed by atoms with Gasteiger partial charge in [0.25, 0.3) is 0 Å². The lowest BCUT2D eigenvalue weighted by molar-refractivity contribution is 0.408. The average Bonchev–Trinajstić information content (AvgIpc) is 2.48. The average molecular weight is 181 g/mol. The molecule has 1 aromatic rings. The number of nitrogens with zero attached hydrogens (tertiary/aromatic N) is 4. The summed E-state index contributed by atoms with van der Waals surface area (Å²) in [6.45, 7) is 0. The van der Waals surface area contributed by atoms with Crippen LogP contribution in [-0.4, -0.2) is 34.9 Å². The van der Waals surface area contributed by atoms with Crippen LogP contribution in [0.5, 0.6) is 0 Å². The molecule has 0 atom stereocenters. The lowest BCUT2D eigenvalue weighted by Crippen LogP contribution is -2.12. The van der Waals surface area contributed by atoms with Gasteiger partial charge in [0.15, 0.2) is 17.5 Å². The normalized spacial score (nSPS) is 10.6. The quantitative estimate of drug-likeness (QED) is 0.269. The number of aromatic nitrogens is 2. The summed E-state index contributed by atoms with van der Waals surface area (Å²) < 4.78 is 0. The number of nitrogen functional groups attached to an aromatic ring is 1. The molecular formula is C6H11N7. The summed E-state index contributed by atoms with van der Waals surface area (Å²) in [6.07, 6.45) is 1.46. The van der Waals surface area contributed by atoms with E-state index in [0.717, 1.165) is 0 Å². The molecule has 1 aromatic heterocycles. The molecule has 0 radical (unpaired) electrons. The van der Waals surface area contributed by atoms with Gasteiger partial charge in [0.05, 0.1) is 6.20 Å². The van der Waals surface area contributed by atoms with Gasteiger partial charge in [0, 0.05) is 14.1 Å². The van der Waals surface area contributed by atoms with Gasteiger partial charge in [-0.3, -0.25) is 10.4 Å². The minimum absolute atomic E-state index is 0.119. The van der Waals surface area contributed by atoms with Crippen LogP contribution in [0.1, 0.15) is 5.82 Å². The van der Waals surface area contributed by atoms with Gasteiger partial charge in [-0.05, 0) is 0 Å². The fourth-order valence-electron chi connectivity index (χ4n) is 0.637. The lowest BCUT2D eigenvalue weighted by atomic mass is 10.6. The van der Waals surface area contributed by atoms with Crippen LogP contribution >= 0.6 is 0 Å². The van der Waals surface area contributed by atoms with Crippen molar-refractivity contribution in [3.05, 3.63) is 12.0 Å². The molecule has 0 bridgehead atoms. The van der Waals surface area contributed by atoms with E-state index in [4.69, 9.17) is 11.1 Å². The molecule has 0 amide bonds. The number of amidine groups is 1. The summed E-state index contributed by atoms with van der Waals surface area (Å²) in [5.74, 6) is 0.651. The van der Waals surface area contributed by atoms with Crippen LogP contribution in [0, 0.1) is 5.41 Å². The number of nitrogens with two attached hydrogens (primary N) is 1. The third-order valence-corrected chi connectivity index (χ3v) is 1.15. The van der Waals surface area contributed by atoms with E-state index in [1.54, 1.807) is 19.1 Å². The maximum Gasteiger partial charge on any atom is 0.174 e. The Morgan fingerprint density at radius 1 is 1.69 bits per heavy atom. The highest BCUT2D eigenvalue weighted by molar-refractivity contribution is 5.91. The van der Waals surface area contributed by atoms with Crippen molar-refractivity contribution in [2.24, 2.45) is 16.1 Å². The van der Waals surface area contributed by atoms with Crippen molar-refractivity contribution in [1.82, 2.24) is 15.0 Å². The molecule has 1 rings (SSSR count). The van der Waals surface area contributed by atoms with Crippen LogP contribution in [0.3, 0.4) is 0 Å². The second kappa shape index (κ2) is 3.65. The maximum atomic E-state index is 7.07. The third kappa shape index (κ3) is 2.55. The predicted octanol–water partition coefficient (Wildman–Crippen LogP) is 0.254. The SMILES string of the molecule is CN(C)N=Nc1cnc(C(=N)N)[nH]1. The van der Waals surface area contributed by atoms with Gasteiger partial charge in [0.2, 0.25) is 0 Å². The van der Waals surface area contributed by atoms with Crippen molar-refractivity contribution in [2.45, 2.75) is 0 Å². The van der Waals surface area contributed by atoms with Crippen LogP contribution in [0.25, 0.3) is 0 Å². The van der Waals surface area contributed by atoms with Crippen LogP contribution in [-0.2, 0) is 0 Å². The first-order valence-corrected chi connectivity index (χ1v) is 3.58. The summed E-state index contributed by atoms with van der Waals surface area (Å²) in [6, 6.07) is 0. The zero-order valence-corrected chi connectivity index (χ0v) is 7.44. The van der Waals surface area contributed by atoms with E-state index in [-0.39, 0.29) is 5.84 Å². The zero-order chi connectivity index (χ0) is 9.84. The summed E-state index contributed by atoms with van der Waals surface area (Å²) in [5, 5.41) is 16.1. The number of imidazole rings is 1. The summed E-state index contributed by atoms with van der Waals surface area (Å²) in [7, 11) is 3.51. The summed E-state index contributed by atoms with van der Waals surface area (Å²) >= 11 is 0. The highest BCUT2D eigenvalue weighted by Gasteiger charge is 2.01. The van der Waals surface area contributed by atoms with Crippen molar-refractivity contribution < 1.29 is 0 Å². The Bertz CT molecular complexity index is 323.